The van der Waals surface area contributed by atoms with Crippen molar-refractivity contribution in [2.24, 2.45) is 0 Å². The first-order valence-corrected chi connectivity index (χ1v) is 6.92. The zero-order valence-corrected chi connectivity index (χ0v) is 10.3. The van der Waals surface area contributed by atoms with Gasteiger partial charge < -0.3 is 0 Å². The molecule has 0 unspecified atom stereocenters. The van der Waals surface area contributed by atoms with Gasteiger partial charge in [-0.1, -0.05) is 6.92 Å². The Labute approximate surface area is 102 Å². The van der Waals surface area contributed by atoms with Gasteiger partial charge >= 0.3 is 0 Å². The van der Waals surface area contributed by atoms with E-state index < -0.39 is 21.0 Å². The lowest BCUT2D eigenvalue weighted by atomic mass is 10.0. The van der Waals surface area contributed by atoms with Gasteiger partial charge in [-0.25, -0.2) is 17.2 Å². The minimum Gasteiger partial charge on any atom is -0.207 e. The Morgan fingerprint density at radius 3 is 2.41 bits per heavy atom. The maximum atomic E-state index is 12.6. The van der Waals surface area contributed by atoms with Gasteiger partial charge in [-0.2, -0.15) is 5.26 Å². The molecule has 0 saturated heterocycles. The van der Waals surface area contributed by atoms with Crippen molar-refractivity contribution < 1.29 is 17.2 Å². The van der Waals surface area contributed by atoms with Crippen LogP contribution in [0, 0.1) is 11.3 Å². The highest BCUT2D eigenvalue weighted by Gasteiger charge is 2.22. The molecule has 0 aliphatic carbocycles. The van der Waals surface area contributed by atoms with Crippen molar-refractivity contribution in [3.8, 4) is 6.07 Å². The van der Waals surface area contributed by atoms with Gasteiger partial charge in [-0.15, -0.1) is 0 Å². The highest BCUT2D eigenvalue weighted by atomic mass is 35.7. The van der Waals surface area contributed by atoms with E-state index in [1.165, 1.54) is 0 Å². The van der Waals surface area contributed by atoms with Crippen molar-refractivity contribution in [2.75, 3.05) is 0 Å². The second kappa shape index (κ2) is 4.98. The lowest BCUT2D eigenvalue weighted by Gasteiger charge is -2.09. The van der Waals surface area contributed by atoms with E-state index in [0.717, 1.165) is 12.1 Å². The molecule has 0 saturated carbocycles. The molecule has 0 bridgehead atoms. The van der Waals surface area contributed by atoms with E-state index in [2.05, 4.69) is 0 Å². The third kappa shape index (κ3) is 2.93. The zero-order chi connectivity index (χ0) is 13.2. The maximum Gasteiger partial charge on any atom is 0.265 e. The lowest BCUT2D eigenvalue weighted by Crippen LogP contribution is -2.02. The molecule has 0 radical (unpaired) electrons. The summed E-state index contributed by atoms with van der Waals surface area (Å²) < 4.78 is 47.7. The fourth-order valence-corrected chi connectivity index (χ4v) is 2.64. The summed E-state index contributed by atoms with van der Waals surface area (Å²) in [5.74, 6) is 0. The molecule has 0 amide bonds. The molecule has 92 valence electrons. The highest BCUT2D eigenvalue weighted by molar-refractivity contribution is 8.13. The summed E-state index contributed by atoms with van der Waals surface area (Å²) in [7, 11) is 1.06. The highest BCUT2D eigenvalue weighted by Crippen LogP contribution is 2.30. The van der Waals surface area contributed by atoms with Crippen LogP contribution in [0.25, 0.3) is 0 Å². The smallest absolute Gasteiger partial charge is 0.207 e. The number of nitrogens with zero attached hydrogens (tertiary/aromatic N) is 1. The normalized spacial score (nSPS) is 11.5. The van der Waals surface area contributed by atoms with Crippen LogP contribution < -0.4 is 0 Å². The van der Waals surface area contributed by atoms with Gasteiger partial charge in [0.1, 0.15) is 0 Å². The van der Waals surface area contributed by atoms with Gasteiger partial charge in [0.05, 0.1) is 16.5 Å². The minimum atomic E-state index is -4.10. The van der Waals surface area contributed by atoms with E-state index in [1.807, 2.05) is 0 Å². The van der Waals surface area contributed by atoms with Crippen LogP contribution in [0.3, 0.4) is 0 Å². The molecule has 0 atom stereocenters. The molecule has 0 heterocycles. The fraction of sp³-hybridized carbons (Fsp3) is 0.300. The SMILES string of the molecule is CCc1cc(C#N)c(C(F)F)cc1S(=O)(=O)Cl. The van der Waals surface area contributed by atoms with Crippen molar-refractivity contribution in [3.05, 3.63) is 28.8 Å². The number of hydrogen-bond donors (Lipinski definition) is 0. The standard InChI is InChI=1S/C10H8ClF2NO2S/c1-2-6-3-7(5-14)8(10(12)13)4-9(6)17(11,15)16/h3-4,10H,2H2,1H3. The Hall–Kier alpha value is -1.19. The second-order valence-electron chi connectivity index (χ2n) is 3.25. The third-order valence-electron chi connectivity index (χ3n) is 2.23. The van der Waals surface area contributed by atoms with Crippen LogP contribution in [0.15, 0.2) is 17.0 Å². The summed E-state index contributed by atoms with van der Waals surface area (Å²) in [6.07, 6.45) is -2.65. The number of alkyl halides is 2. The molecule has 17 heavy (non-hydrogen) atoms. The zero-order valence-electron chi connectivity index (χ0n) is 8.75. The van der Waals surface area contributed by atoms with E-state index in [4.69, 9.17) is 15.9 Å². The molecule has 1 rings (SSSR count). The summed E-state index contributed by atoms with van der Waals surface area (Å²) in [6.45, 7) is 1.64. The van der Waals surface area contributed by atoms with Gasteiger partial charge in [0.2, 0.25) is 0 Å². The van der Waals surface area contributed by atoms with Gasteiger partial charge in [0.25, 0.3) is 15.5 Å². The Bertz CT molecular complexity index is 579. The van der Waals surface area contributed by atoms with Crippen LogP contribution in [0.1, 0.15) is 30.0 Å². The number of nitriles is 1. The first-order chi connectivity index (χ1) is 7.81. The summed E-state index contributed by atoms with van der Waals surface area (Å²) in [6, 6.07) is 3.52. The Kier molecular flexibility index (Phi) is 4.07. The lowest BCUT2D eigenvalue weighted by molar-refractivity contribution is 0.150. The Balaban J connectivity index is 3.64. The molecule has 0 aromatic heterocycles. The number of benzene rings is 1. The van der Waals surface area contributed by atoms with Crippen LogP contribution in [0.2, 0.25) is 0 Å². The molecule has 0 fully saturated rings. The largest absolute Gasteiger partial charge is 0.265 e. The van der Waals surface area contributed by atoms with Crippen LogP contribution in [-0.4, -0.2) is 8.42 Å². The van der Waals surface area contributed by atoms with Crippen LogP contribution in [0.5, 0.6) is 0 Å². The summed E-state index contributed by atoms with van der Waals surface area (Å²) >= 11 is 0. The van der Waals surface area contributed by atoms with Crippen LogP contribution >= 0.6 is 10.7 Å². The Morgan fingerprint density at radius 2 is 2.06 bits per heavy atom. The van der Waals surface area contributed by atoms with Gasteiger partial charge in [-0.3, -0.25) is 0 Å². The van der Waals surface area contributed by atoms with Gasteiger partial charge in [0.15, 0.2) is 0 Å². The predicted octanol–water partition coefficient (Wildman–Crippen LogP) is 2.99. The first kappa shape index (κ1) is 13.9. The second-order valence-corrected chi connectivity index (χ2v) is 5.79. The molecule has 0 aliphatic heterocycles. The van der Waals surface area contributed by atoms with Crippen molar-refractivity contribution in [2.45, 2.75) is 24.7 Å². The summed E-state index contributed by atoms with van der Waals surface area (Å²) in [5, 5.41) is 8.72. The first-order valence-electron chi connectivity index (χ1n) is 4.61. The molecule has 0 aliphatic rings. The topological polar surface area (TPSA) is 57.9 Å². The maximum absolute atomic E-state index is 12.6. The predicted molar refractivity (Wildman–Crippen MR) is 58.5 cm³/mol. The average Bonchev–Trinajstić information content (AvgIpc) is 2.25. The number of hydrogen-bond acceptors (Lipinski definition) is 3. The third-order valence-corrected chi connectivity index (χ3v) is 3.64. The van der Waals surface area contributed by atoms with Crippen molar-refractivity contribution in [1.82, 2.24) is 0 Å². The van der Waals surface area contributed by atoms with E-state index in [9.17, 15) is 17.2 Å². The molecular weight excluding hydrogens is 272 g/mol. The number of aryl methyl sites for hydroxylation is 1. The molecule has 0 spiro atoms. The quantitative estimate of drug-likeness (QED) is 0.799. The van der Waals surface area contributed by atoms with Crippen LogP contribution in [0.4, 0.5) is 8.78 Å². The van der Waals surface area contributed by atoms with Crippen LogP contribution in [-0.2, 0) is 15.5 Å². The van der Waals surface area contributed by atoms with E-state index in [0.29, 0.717) is 0 Å². The van der Waals surface area contributed by atoms with Crippen molar-refractivity contribution in [1.29, 1.82) is 5.26 Å². The monoisotopic (exact) mass is 279 g/mol. The fourth-order valence-electron chi connectivity index (χ4n) is 1.42. The van der Waals surface area contributed by atoms with Gasteiger partial charge in [-0.05, 0) is 24.1 Å². The molecular formula is C10H8ClF2NO2S. The minimum absolute atomic E-state index is 0.235. The van der Waals surface area contributed by atoms with Crippen molar-refractivity contribution >= 4 is 19.7 Å². The molecule has 1 aromatic rings. The molecule has 3 nitrogen and oxygen atoms in total. The number of rotatable bonds is 3. The van der Waals surface area contributed by atoms with E-state index in [1.54, 1.807) is 13.0 Å². The Morgan fingerprint density at radius 1 is 1.47 bits per heavy atom. The van der Waals surface area contributed by atoms with E-state index in [-0.39, 0.29) is 22.4 Å². The van der Waals surface area contributed by atoms with E-state index >= 15 is 0 Å². The van der Waals surface area contributed by atoms with Crippen molar-refractivity contribution in [3.63, 3.8) is 0 Å². The molecule has 7 heteroatoms. The number of halogens is 3. The average molecular weight is 280 g/mol. The molecule has 1 aromatic carbocycles. The summed E-state index contributed by atoms with van der Waals surface area (Å²) in [4.78, 5) is -0.365. The summed E-state index contributed by atoms with van der Waals surface area (Å²) in [5.41, 5.74) is -0.606. The molecule has 0 N–H and O–H groups in total. The van der Waals surface area contributed by atoms with Gasteiger partial charge in [0, 0.05) is 16.2 Å².